The summed E-state index contributed by atoms with van der Waals surface area (Å²) in [5.41, 5.74) is 6.29. The molecule has 98 valence electrons. The molecule has 0 radical (unpaired) electrons. The molecule has 0 atom stereocenters. The van der Waals surface area contributed by atoms with Gasteiger partial charge in [0.15, 0.2) is 0 Å². The van der Waals surface area contributed by atoms with Crippen LogP contribution in [0.2, 0.25) is 0 Å². The first kappa shape index (κ1) is 13.0. The molecule has 0 aliphatic heterocycles. The van der Waals surface area contributed by atoms with E-state index in [1.165, 1.54) is 30.3 Å². The molecule has 0 spiro atoms. The van der Waals surface area contributed by atoms with Crippen molar-refractivity contribution in [3.8, 4) is 0 Å². The second-order valence-electron chi connectivity index (χ2n) is 3.93. The molecule has 0 aliphatic rings. The fourth-order valence-corrected chi connectivity index (χ4v) is 1.53. The molecule has 2 aromatic rings. The Morgan fingerprint density at radius 3 is 2.32 bits per heavy atom. The Morgan fingerprint density at radius 1 is 1.05 bits per heavy atom. The fraction of sp³-hybridized carbons (Fsp3) is 0.0714. The topological polar surface area (TPSA) is 52.3 Å². The standard InChI is InChI=1S/C14H11F2NO2/c15-10-3-1-9(2-4-10)8-19-14(18)12-6-5-11(16)7-13(12)17/h1-7H,8,17H2. The third-order valence-corrected chi connectivity index (χ3v) is 2.52. The van der Waals surface area contributed by atoms with E-state index in [1.54, 1.807) is 0 Å². The lowest BCUT2D eigenvalue weighted by atomic mass is 10.2. The summed E-state index contributed by atoms with van der Waals surface area (Å²) in [6, 6.07) is 9.01. The zero-order valence-electron chi connectivity index (χ0n) is 9.90. The Labute approximate surface area is 108 Å². The molecule has 0 aromatic heterocycles. The lowest BCUT2D eigenvalue weighted by Crippen LogP contribution is -2.08. The fourth-order valence-electron chi connectivity index (χ4n) is 1.53. The van der Waals surface area contributed by atoms with E-state index in [1.807, 2.05) is 0 Å². The molecule has 2 N–H and O–H groups in total. The summed E-state index contributed by atoms with van der Waals surface area (Å²) in [5, 5.41) is 0. The summed E-state index contributed by atoms with van der Waals surface area (Å²) in [7, 11) is 0. The number of hydrogen-bond acceptors (Lipinski definition) is 3. The van der Waals surface area contributed by atoms with Gasteiger partial charge in [-0.2, -0.15) is 0 Å². The number of benzene rings is 2. The molecule has 0 bridgehead atoms. The molecule has 0 heterocycles. The van der Waals surface area contributed by atoms with Gasteiger partial charge in [0.05, 0.1) is 5.56 Å². The van der Waals surface area contributed by atoms with Crippen molar-refractivity contribution in [2.24, 2.45) is 0 Å². The van der Waals surface area contributed by atoms with Gasteiger partial charge in [0, 0.05) is 5.69 Å². The van der Waals surface area contributed by atoms with Gasteiger partial charge in [-0.25, -0.2) is 13.6 Å². The van der Waals surface area contributed by atoms with E-state index in [0.29, 0.717) is 5.56 Å². The van der Waals surface area contributed by atoms with E-state index >= 15 is 0 Å². The highest BCUT2D eigenvalue weighted by atomic mass is 19.1. The number of carbonyl (C=O) groups excluding carboxylic acids is 1. The van der Waals surface area contributed by atoms with E-state index in [4.69, 9.17) is 10.5 Å². The van der Waals surface area contributed by atoms with Gasteiger partial charge in [-0.1, -0.05) is 12.1 Å². The molecule has 0 unspecified atom stereocenters. The molecule has 2 aromatic carbocycles. The van der Waals surface area contributed by atoms with E-state index < -0.39 is 11.8 Å². The monoisotopic (exact) mass is 263 g/mol. The van der Waals surface area contributed by atoms with Crippen molar-refractivity contribution in [1.82, 2.24) is 0 Å². The number of anilines is 1. The summed E-state index contributed by atoms with van der Waals surface area (Å²) in [4.78, 5) is 11.7. The van der Waals surface area contributed by atoms with Crippen molar-refractivity contribution >= 4 is 11.7 Å². The number of rotatable bonds is 3. The molecule has 0 saturated heterocycles. The smallest absolute Gasteiger partial charge is 0.340 e. The number of nitrogen functional groups attached to an aromatic ring is 1. The second-order valence-corrected chi connectivity index (χ2v) is 3.93. The molecule has 0 amide bonds. The first-order chi connectivity index (χ1) is 9.06. The Bertz CT molecular complexity index is 597. The van der Waals surface area contributed by atoms with Crippen LogP contribution in [0, 0.1) is 11.6 Å². The first-order valence-corrected chi connectivity index (χ1v) is 5.53. The zero-order valence-corrected chi connectivity index (χ0v) is 9.90. The normalized spacial score (nSPS) is 10.2. The van der Waals surface area contributed by atoms with Crippen LogP contribution in [0.4, 0.5) is 14.5 Å². The number of nitrogens with two attached hydrogens (primary N) is 1. The predicted molar refractivity (Wildman–Crippen MR) is 66.3 cm³/mol. The average Bonchev–Trinajstić information content (AvgIpc) is 2.37. The van der Waals surface area contributed by atoms with E-state index in [2.05, 4.69) is 0 Å². The van der Waals surface area contributed by atoms with Gasteiger partial charge in [0.25, 0.3) is 0 Å². The van der Waals surface area contributed by atoms with Crippen LogP contribution in [-0.4, -0.2) is 5.97 Å². The maximum atomic E-state index is 12.8. The lowest BCUT2D eigenvalue weighted by Gasteiger charge is -2.07. The quantitative estimate of drug-likeness (QED) is 0.684. The molecule has 0 saturated carbocycles. The third-order valence-electron chi connectivity index (χ3n) is 2.52. The van der Waals surface area contributed by atoms with Crippen LogP contribution < -0.4 is 5.73 Å². The van der Waals surface area contributed by atoms with Crippen LogP contribution in [0.25, 0.3) is 0 Å². The number of carbonyl (C=O) groups is 1. The van der Waals surface area contributed by atoms with Crippen LogP contribution in [0.5, 0.6) is 0 Å². The highest BCUT2D eigenvalue weighted by Crippen LogP contribution is 2.15. The zero-order chi connectivity index (χ0) is 13.8. The minimum absolute atomic E-state index is 0.00404. The van der Waals surface area contributed by atoms with Crippen LogP contribution in [0.15, 0.2) is 42.5 Å². The third kappa shape index (κ3) is 3.28. The van der Waals surface area contributed by atoms with Crippen molar-refractivity contribution in [2.75, 3.05) is 5.73 Å². The van der Waals surface area contributed by atoms with Crippen LogP contribution >= 0.6 is 0 Å². The van der Waals surface area contributed by atoms with Crippen molar-refractivity contribution in [3.63, 3.8) is 0 Å². The SMILES string of the molecule is Nc1cc(F)ccc1C(=O)OCc1ccc(F)cc1. The summed E-state index contributed by atoms with van der Waals surface area (Å²) in [6.07, 6.45) is 0. The largest absolute Gasteiger partial charge is 0.457 e. The van der Waals surface area contributed by atoms with Crippen LogP contribution in [0.3, 0.4) is 0 Å². The first-order valence-electron chi connectivity index (χ1n) is 5.53. The van der Waals surface area contributed by atoms with E-state index in [9.17, 15) is 13.6 Å². The van der Waals surface area contributed by atoms with Gasteiger partial charge in [-0.15, -0.1) is 0 Å². The molecule has 3 nitrogen and oxygen atoms in total. The van der Waals surface area contributed by atoms with Gasteiger partial charge >= 0.3 is 5.97 Å². The highest BCUT2D eigenvalue weighted by Gasteiger charge is 2.11. The lowest BCUT2D eigenvalue weighted by molar-refractivity contribution is 0.0474. The van der Waals surface area contributed by atoms with Gasteiger partial charge < -0.3 is 10.5 Å². The summed E-state index contributed by atoms with van der Waals surface area (Å²) in [5.74, 6) is -1.53. The van der Waals surface area contributed by atoms with Gasteiger partial charge in [-0.3, -0.25) is 0 Å². The van der Waals surface area contributed by atoms with E-state index in [-0.39, 0.29) is 23.7 Å². The molecule has 19 heavy (non-hydrogen) atoms. The molecule has 2 rings (SSSR count). The predicted octanol–water partition coefficient (Wildman–Crippen LogP) is 2.90. The molecular weight excluding hydrogens is 252 g/mol. The van der Waals surface area contributed by atoms with Crippen molar-refractivity contribution < 1.29 is 18.3 Å². The maximum absolute atomic E-state index is 12.8. The number of esters is 1. The minimum atomic E-state index is -0.651. The summed E-state index contributed by atoms with van der Waals surface area (Å²) in [6.45, 7) is -0.00404. The molecule has 0 aliphatic carbocycles. The summed E-state index contributed by atoms with van der Waals surface area (Å²) < 4.78 is 30.5. The Balaban J connectivity index is 2.03. The van der Waals surface area contributed by atoms with E-state index in [0.717, 1.165) is 12.1 Å². The maximum Gasteiger partial charge on any atom is 0.340 e. The molecule has 5 heteroatoms. The van der Waals surface area contributed by atoms with Crippen LogP contribution in [0.1, 0.15) is 15.9 Å². The average molecular weight is 263 g/mol. The minimum Gasteiger partial charge on any atom is -0.457 e. The molecule has 0 fully saturated rings. The second kappa shape index (κ2) is 5.48. The summed E-state index contributed by atoms with van der Waals surface area (Å²) >= 11 is 0. The number of hydrogen-bond donors (Lipinski definition) is 1. The van der Waals surface area contributed by atoms with Crippen molar-refractivity contribution in [1.29, 1.82) is 0 Å². The van der Waals surface area contributed by atoms with Crippen molar-refractivity contribution in [3.05, 3.63) is 65.2 Å². The van der Waals surface area contributed by atoms with Gasteiger partial charge in [0.1, 0.15) is 18.2 Å². The van der Waals surface area contributed by atoms with Crippen molar-refractivity contribution in [2.45, 2.75) is 6.61 Å². The van der Waals surface area contributed by atoms with Crippen LogP contribution in [-0.2, 0) is 11.3 Å². The Hall–Kier alpha value is -2.43. The number of halogens is 2. The Morgan fingerprint density at radius 2 is 1.68 bits per heavy atom. The Kier molecular flexibility index (Phi) is 3.75. The van der Waals surface area contributed by atoms with Gasteiger partial charge in [0.2, 0.25) is 0 Å². The van der Waals surface area contributed by atoms with Gasteiger partial charge in [-0.05, 0) is 35.9 Å². The molecular formula is C14H11F2NO2. The highest BCUT2D eigenvalue weighted by molar-refractivity contribution is 5.94. The number of ether oxygens (including phenoxy) is 1.